The lowest BCUT2D eigenvalue weighted by Crippen LogP contribution is -2.42. The third-order valence-electron chi connectivity index (χ3n) is 3.32. The Hall–Kier alpha value is -2.41. The van der Waals surface area contributed by atoms with E-state index in [1.807, 2.05) is 38.3 Å². The lowest BCUT2D eigenvalue weighted by Gasteiger charge is -2.19. The molecule has 2 aromatic heterocycles. The number of halogens is 1. The highest BCUT2D eigenvalue weighted by Gasteiger charge is 2.19. The Kier molecular flexibility index (Phi) is 4.04. The molecule has 3 aromatic rings. The van der Waals surface area contributed by atoms with E-state index in [0.717, 1.165) is 17.0 Å². The predicted molar refractivity (Wildman–Crippen MR) is 92.1 cm³/mol. The van der Waals surface area contributed by atoms with Crippen LogP contribution in [0.4, 0.5) is 9.18 Å². The largest absolute Gasteiger partial charge is 0.413 e. The average molecular weight is 347 g/mol. The van der Waals surface area contributed by atoms with E-state index in [1.165, 1.54) is 23.5 Å². The van der Waals surface area contributed by atoms with Gasteiger partial charge in [0.05, 0.1) is 11.4 Å². The molecule has 1 amide bonds. The van der Waals surface area contributed by atoms with Gasteiger partial charge in [0, 0.05) is 17.3 Å². The monoisotopic (exact) mass is 347 g/mol. The van der Waals surface area contributed by atoms with Crippen molar-refractivity contribution < 1.29 is 13.9 Å². The molecule has 0 spiro atoms. The van der Waals surface area contributed by atoms with Gasteiger partial charge in [-0.3, -0.25) is 4.40 Å². The molecule has 0 radical (unpaired) electrons. The van der Waals surface area contributed by atoms with E-state index in [2.05, 4.69) is 10.3 Å². The number of aryl methyl sites for hydroxylation is 1. The Morgan fingerprint density at radius 2 is 1.96 bits per heavy atom. The number of ether oxygens (including phenoxy) is 1. The molecular formula is C17H18FN3O2S. The number of nitrogens with zero attached hydrogens (tertiary/aromatic N) is 2. The van der Waals surface area contributed by atoms with E-state index in [1.54, 1.807) is 12.1 Å². The first-order valence-corrected chi connectivity index (χ1v) is 8.29. The van der Waals surface area contributed by atoms with E-state index in [-0.39, 0.29) is 11.4 Å². The second-order valence-electron chi connectivity index (χ2n) is 6.53. The molecule has 0 unspecified atom stereocenters. The Labute approximate surface area is 143 Å². The third-order valence-corrected chi connectivity index (χ3v) is 4.35. The second kappa shape index (κ2) is 5.90. The molecule has 24 heavy (non-hydrogen) atoms. The highest BCUT2D eigenvalue weighted by atomic mass is 32.1. The zero-order valence-corrected chi connectivity index (χ0v) is 14.7. The van der Waals surface area contributed by atoms with Gasteiger partial charge in [-0.1, -0.05) is 11.3 Å². The number of benzene rings is 1. The number of hydrogen-bond donors (Lipinski definition) is 1. The first-order valence-electron chi connectivity index (χ1n) is 7.47. The smallest absolute Gasteiger partial charge is 0.397 e. The van der Waals surface area contributed by atoms with Crippen molar-refractivity contribution in [3.8, 4) is 16.3 Å². The molecule has 126 valence electrons. The average Bonchev–Trinajstić information content (AvgIpc) is 2.99. The fourth-order valence-corrected chi connectivity index (χ4v) is 3.16. The Morgan fingerprint density at radius 1 is 1.29 bits per heavy atom. The normalized spacial score (nSPS) is 11.7. The van der Waals surface area contributed by atoms with E-state index in [0.29, 0.717) is 10.0 Å². The fourth-order valence-electron chi connectivity index (χ4n) is 2.20. The van der Waals surface area contributed by atoms with Crippen LogP contribution in [0.1, 0.15) is 26.5 Å². The number of amides is 1. The summed E-state index contributed by atoms with van der Waals surface area (Å²) in [6, 6.07) is 6.18. The van der Waals surface area contributed by atoms with Crippen molar-refractivity contribution in [3.63, 3.8) is 0 Å². The molecule has 7 heteroatoms. The van der Waals surface area contributed by atoms with Crippen molar-refractivity contribution in [2.45, 2.75) is 33.2 Å². The van der Waals surface area contributed by atoms with Crippen LogP contribution in [0.5, 0.6) is 5.06 Å². The van der Waals surface area contributed by atoms with E-state index in [4.69, 9.17) is 4.74 Å². The lowest BCUT2D eigenvalue weighted by atomic mass is 10.1. The maximum absolute atomic E-state index is 13.0. The van der Waals surface area contributed by atoms with Gasteiger partial charge in [0.15, 0.2) is 4.96 Å². The number of rotatable bonds is 2. The number of nitrogens with one attached hydrogen (secondary N) is 1. The van der Waals surface area contributed by atoms with Gasteiger partial charge in [0.2, 0.25) is 5.06 Å². The highest BCUT2D eigenvalue weighted by molar-refractivity contribution is 7.19. The van der Waals surface area contributed by atoms with E-state index >= 15 is 0 Å². The summed E-state index contributed by atoms with van der Waals surface area (Å²) in [4.78, 5) is 17.1. The van der Waals surface area contributed by atoms with Gasteiger partial charge in [-0.05, 0) is 52.0 Å². The molecule has 2 heterocycles. The van der Waals surface area contributed by atoms with Crippen molar-refractivity contribution in [2.24, 2.45) is 0 Å². The van der Waals surface area contributed by atoms with Crippen molar-refractivity contribution >= 4 is 22.4 Å². The molecule has 5 nitrogen and oxygen atoms in total. The Balaban J connectivity index is 1.86. The van der Waals surface area contributed by atoms with Crippen molar-refractivity contribution in [3.05, 3.63) is 42.0 Å². The maximum atomic E-state index is 13.0. The summed E-state index contributed by atoms with van der Waals surface area (Å²) < 4.78 is 20.3. The SMILES string of the molecule is Cc1c(OC(=O)NC(C)(C)C)sc2nc(-c3ccc(F)cc3)cn12. The number of fused-ring (bicyclic) bond motifs is 1. The number of thiazole rings is 1. The molecule has 0 bridgehead atoms. The summed E-state index contributed by atoms with van der Waals surface area (Å²) in [6.45, 7) is 7.52. The number of aromatic nitrogens is 2. The van der Waals surface area contributed by atoms with Crippen LogP contribution in [0.15, 0.2) is 30.5 Å². The standard InChI is InChI=1S/C17H18FN3O2S/c1-10-14(23-16(22)20-17(2,3)4)24-15-19-13(9-21(10)15)11-5-7-12(18)8-6-11/h5-9H,1-4H3,(H,20,22). The summed E-state index contributed by atoms with van der Waals surface area (Å²) in [7, 11) is 0. The Morgan fingerprint density at radius 3 is 2.54 bits per heavy atom. The molecule has 1 N–H and O–H groups in total. The predicted octanol–water partition coefficient (Wildman–Crippen LogP) is 4.40. The van der Waals surface area contributed by atoms with Crippen LogP contribution in [0.25, 0.3) is 16.2 Å². The van der Waals surface area contributed by atoms with Gasteiger partial charge in [-0.2, -0.15) is 0 Å². The van der Waals surface area contributed by atoms with Crippen molar-refractivity contribution in [1.29, 1.82) is 0 Å². The molecule has 3 rings (SSSR count). The van der Waals surface area contributed by atoms with Crippen LogP contribution in [-0.4, -0.2) is 21.0 Å². The first-order chi connectivity index (χ1) is 11.2. The molecule has 0 saturated heterocycles. The van der Waals surface area contributed by atoms with Crippen LogP contribution in [0.3, 0.4) is 0 Å². The molecule has 0 saturated carbocycles. The summed E-state index contributed by atoms with van der Waals surface area (Å²) in [5, 5.41) is 3.26. The van der Waals surface area contributed by atoms with Crippen LogP contribution in [0, 0.1) is 12.7 Å². The number of carbonyl (C=O) groups excluding carboxylic acids is 1. The molecule has 0 aliphatic carbocycles. The van der Waals surface area contributed by atoms with Gasteiger partial charge in [-0.25, -0.2) is 14.2 Å². The quantitative estimate of drug-likeness (QED) is 0.748. The van der Waals surface area contributed by atoms with Crippen LogP contribution < -0.4 is 10.1 Å². The molecule has 1 aromatic carbocycles. The van der Waals surface area contributed by atoms with Gasteiger partial charge in [-0.15, -0.1) is 0 Å². The van der Waals surface area contributed by atoms with Crippen LogP contribution in [0.2, 0.25) is 0 Å². The van der Waals surface area contributed by atoms with Crippen LogP contribution >= 0.6 is 11.3 Å². The van der Waals surface area contributed by atoms with Gasteiger partial charge < -0.3 is 10.1 Å². The third kappa shape index (κ3) is 3.41. The fraction of sp³-hybridized carbons (Fsp3) is 0.294. The summed E-state index contributed by atoms with van der Waals surface area (Å²) >= 11 is 1.29. The summed E-state index contributed by atoms with van der Waals surface area (Å²) in [5.41, 5.74) is 2.01. The summed E-state index contributed by atoms with van der Waals surface area (Å²) in [5.74, 6) is -0.281. The molecule has 0 fully saturated rings. The van der Waals surface area contributed by atoms with E-state index < -0.39 is 6.09 Å². The van der Waals surface area contributed by atoms with Crippen molar-refractivity contribution in [1.82, 2.24) is 14.7 Å². The number of hydrogen-bond acceptors (Lipinski definition) is 4. The minimum Gasteiger partial charge on any atom is -0.397 e. The topological polar surface area (TPSA) is 55.6 Å². The minimum atomic E-state index is -0.492. The number of imidazole rings is 1. The van der Waals surface area contributed by atoms with Gasteiger partial charge >= 0.3 is 6.09 Å². The Bertz CT molecular complexity index is 891. The molecule has 0 aliphatic heterocycles. The molecule has 0 aliphatic rings. The van der Waals surface area contributed by atoms with E-state index in [9.17, 15) is 9.18 Å². The number of carbonyl (C=O) groups is 1. The van der Waals surface area contributed by atoms with Gasteiger partial charge in [0.1, 0.15) is 5.82 Å². The minimum absolute atomic E-state index is 0.281. The molecule has 0 atom stereocenters. The first kappa shape index (κ1) is 16.4. The maximum Gasteiger partial charge on any atom is 0.413 e. The zero-order valence-electron chi connectivity index (χ0n) is 13.9. The molecular weight excluding hydrogens is 329 g/mol. The van der Waals surface area contributed by atoms with Crippen LogP contribution in [-0.2, 0) is 0 Å². The second-order valence-corrected chi connectivity index (χ2v) is 7.47. The van der Waals surface area contributed by atoms with Crippen molar-refractivity contribution in [2.75, 3.05) is 0 Å². The lowest BCUT2D eigenvalue weighted by molar-refractivity contribution is 0.191. The van der Waals surface area contributed by atoms with Gasteiger partial charge in [0.25, 0.3) is 0 Å². The highest BCUT2D eigenvalue weighted by Crippen LogP contribution is 2.32. The zero-order chi connectivity index (χ0) is 17.5. The summed E-state index contributed by atoms with van der Waals surface area (Å²) in [6.07, 6.45) is 1.36.